The number of fused-ring (bicyclic) bond motifs is 1. The zero-order valence-electron chi connectivity index (χ0n) is 18.1. The molecule has 1 aliphatic rings. The summed E-state index contributed by atoms with van der Waals surface area (Å²) in [5.41, 5.74) is 5.53. The average Bonchev–Trinajstić information content (AvgIpc) is 3.42. The molecule has 1 N–H and O–H groups in total. The highest BCUT2D eigenvalue weighted by atomic mass is 19.1. The van der Waals surface area contributed by atoms with E-state index in [0.717, 1.165) is 35.2 Å². The number of aromatic nitrogens is 1. The van der Waals surface area contributed by atoms with Crippen LogP contribution in [0.1, 0.15) is 35.9 Å². The Balaban J connectivity index is 1.41. The number of likely N-dealkylation sites (tertiary alicyclic amines) is 1. The predicted octanol–water partition coefficient (Wildman–Crippen LogP) is 6.62. The zero-order chi connectivity index (χ0) is 22.2. The molecular weight excluding hydrogens is 405 g/mol. The van der Waals surface area contributed by atoms with Crippen molar-refractivity contribution in [3.05, 3.63) is 83.5 Å². The summed E-state index contributed by atoms with van der Waals surface area (Å²) in [6.45, 7) is 4.65. The van der Waals surface area contributed by atoms with Gasteiger partial charge in [-0.2, -0.15) is 0 Å². The molecule has 162 valence electrons. The van der Waals surface area contributed by atoms with Crippen LogP contribution in [0, 0.1) is 19.7 Å². The van der Waals surface area contributed by atoms with Gasteiger partial charge in [-0.25, -0.2) is 14.2 Å². The lowest BCUT2D eigenvalue weighted by Gasteiger charge is -2.23. The largest absolute Gasteiger partial charge is 0.438 e. The van der Waals surface area contributed by atoms with Gasteiger partial charge in [0.2, 0.25) is 5.89 Å². The number of aryl methyl sites for hydroxylation is 2. The van der Waals surface area contributed by atoms with E-state index >= 15 is 0 Å². The molecule has 6 heteroatoms. The summed E-state index contributed by atoms with van der Waals surface area (Å²) in [7, 11) is 0. The SMILES string of the molecule is Cc1ccc(NC(=O)N2CCCC2c2nc3cc(-c4ccccc4F)ccc3o2)c(C)c1. The van der Waals surface area contributed by atoms with Gasteiger partial charge >= 0.3 is 6.03 Å². The maximum Gasteiger partial charge on any atom is 0.322 e. The van der Waals surface area contributed by atoms with Gasteiger partial charge in [-0.1, -0.05) is 42.0 Å². The van der Waals surface area contributed by atoms with Crippen LogP contribution in [0.4, 0.5) is 14.9 Å². The van der Waals surface area contributed by atoms with Crippen molar-refractivity contribution in [3.8, 4) is 11.1 Å². The van der Waals surface area contributed by atoms with E-state index < -0.39 is 0 Å². The van der Waals surface area contributed by atoms with E-state index in [1.165, 1.54) is 6.07 Å². The highest BCUT2D eigenvalue weighted by molar-refractivity contribution is 5.90. The van der Waals surface area contributed by atoms with E-state index in [2.05, 4.69) is 10.3 Å². The topological polar surface area (TPSA) is 58.4 Å². The maximum atomic E-state index is 14.2. The molecule has 1 aromatic heterocycles. The van der Waals surface area contributed by atoms with Crippen LogP contribution in [0.2, 0.25) is 0 Å². The lowest BCUT2D eigenvalue weighted by atomic mass is 10.0. The van der Waals surface area contributed by atoms with Gasteiger partial charge in [0.1, 0.15) is 17.4 Å². The predicted molar refractivity (Wildman–Crippen MR) is 123 cm³/mol. The van der Waals surface area contributed by atoms with Crippen molar-refractivity contribution in [2.24, 2.45) is 0 Å². The number of nitrogens with one attached hydrogen (secondary N) is 1. The molecule has 0 radical (unpaired) electrons. The number of nitrogens with zero attached hydrogens (tertiary/aromatic N) is 2. The summed E-state index contributed by atoms with van der Waals surface area (Å²) in [5.74, 6) is 0.236. The first-order valence-electron chi connectivity index (χ1n) is 10.8. The van der Waals surface area contributed by atoms with Crippen LogP contribution in [-0.4, -0.2) is 22.5 Å². The number of hydrogen-bond acceptors (Lipinski definition) is 3. The molecule has 0 saturated carbocycles. The number of urea groups is 1. The number of carbonyl (C=O) groups excluding carboxylic acids is 1. The molecule has 3 aromatic carbocycles. The number of rotatable bonds is 3. The Labute approximate surface area is 185 Å². The van der Waals surface area contributed by atoms with Gasteiger partial charge in [0.05, 0.1) is 0 Å². The first kappa shape index (κ1) is 20.2. The van der Waals surface area contributed by atoms with E-state index in [4.69, 9.17) is 4.42 Å². The minimum atomic E-state index is -0.277. The number of anilines is 1. The Morgan fingerprint density at radius 1 is 1.12 bits per heavy atom. The molecule has 2 amide bonds. The molecule has 1 aliphatic heterocycles. The highest BCUT2D eigenvalue weighted by Gasteiger charge is 2.34. The normalized spacial score (nSPS) is 16.0. The van der Waals surface area contributed by atoms with Gasteiger partial charge in [-0.15, -0.1) is 0 Å². The molecule has 0 aliphatic carbocycles. The Hall–Kier alpha value is -3.67. The van der Waals surface area contributed by atoms with Crippen LogP contribution in [0.5, 0.6) is 0 Å². The first-order valence-corrected chi connectivity index (χ1v) is 10.8. The fourth-order valence-corrected chi connectivity index (χ4v) is 4.36. The fourth-order valence-electron chi connectivity index (χ4n) is 4.36. The van der Waals surface area contributed by atoms with Gasteiger partial charge < -0.3 is 14.6 Å². The van der Waals surface area contributed by atoms with Gasteiger partial charge in [0.15, 0.2) is 5.58 Å². The zero-order valence-corrected chi connectivity index (χ0v) is 18.1. The van der Waals surface area contributed by atoms with Crippen molar-refractivity contribution < 1.29 is 13.6 Å². The fraction of sp³-hybridized carbons (Fsp3) is 0.231. The van der Waals surface area contributed by atoms with Crippen molar-refractivity contribution >= 4 is 22.8 Å². The number of benzene rings is 3. The second-order valence-corrected chi connectivity index (χ2v) is 8.31. The molecule has 32 heavy (non-hydrogen) atoms. The Bertz CT molecular complexity index is 1310. The monoisotopic (exact) mass is 429 g/mol. The Kier molecular flexibility index (Phi) is 5.13. The molecule has 4 aromatic rings. The third-order valence-corrected chi connectivity index (χ3v) is 6.01. The van der Waals surface area contributed by atoms with Crippen LogP contribution >= 0.6 is 0 Å². The van der Waals surface area contributed by atoms with Crippen LogP contribution in [-0.2, 0) is 0 Å². The van der Waals surface area contributed by atoms with Crippen molar-refractivity contribution in [2.45, 2.75) is 32.7 Å². The number of amides is 2. The van der Waals surface area contributed by atoms with Crippen molar-refractivity contribution in [2.75, 3.05) is 11.9 Å². The standard InChI is InChI=1S/C26H24FN3O2/c1-16-9-11-21(17(2)14-16)29-26(31)30-13-5-8-23(30)25-28-22-15-18(10-12-24(22)32-25)19-6-3-4-7-20(19)27/h3-4,6-7,9-12,14-15,23H,5,8,13H2,1-2H3,(H,29,31). The lowest BCUT2D eigenvalue weighted by molar-refractivity contribution is 0.199. The molecule has 0 bridgehead atoms. The Morgan fingerprint density at radius 3 is 2.78 bits per heavy atom. The summed E-state index contributed by atoms with van der Waals surface area (Å²) in [6, 6.07) is 17.7. The van der Waals surface area contributed by atoms with Gasteiger partial charge in [-0.05, 0) is 62.1 Å². The maximum absolute atomic E-state index is 14.2. The van der Waals surface area contributed by atoms with E-state index in [-0.39, 0.29) is 17.9 Å². The van der Waals surface area contributed by atoms with Gasteiger partial charge in [-0.3, -0.25) is 0 Å². The second kappa shape index (κ2) is 8.11. The van der Waals surface area contributed by atoms with Crippen molar-refractivity contribution in [3.63, 3.8) is 0 Å². The minimum absolute atomic E-state index is 0.159. The molecule has 5 nitrogen and oxygen atoms in total. The highest BCUT2D eigenvalue weighted by Crippen LogP contribution is 2.35. The third kappa shape index (κ3) is 3.73. The summed E-state index contributed by atoms with van der Waals surface area (Å²) in [5, 5.41) is 3.03. The van der Waals surface area contributed by atoms with E-state index in [1.807, 2.05) is 56.3 Å². The van der Waals surface area contributed by atoms with E-state index in [9.17, 15) is 9.18 Å². The molecule has 1 atom stereocenters. The van der Waals surface area contributed by atoms with Gasteiger partial charge in [0.25, 0.3) is 0 Å². The minimum Gasteiger partial charge on any atom is -0.438 e. The van der Waals surface area contributed by atoms with Crippen LogP contribution in [0.3, 0.4) is 0 Å². The van der Waals surface area contributed by atoms with Crippen molar-refractivity contribution in [1.82, 2.24) is 9.88 Å². The summed E-state index contributed by atoms with van der Waals surface area (Å²) >= 11 is 0. The first-order chi connectivity index (χ1) is 15.5. The lowest BCUT2D eigenvalue weighted by Crippen LogP contribution is -2.34. The summed E-state index contributed by atoms with van der Waals surface area (Å²) in [4.78, 5) is 19.5. The molecule has 2 heterocycles. The van der Waals surface area contributed by atoms with Crippen LogP contribution < -0.4 is 5.32 Å². The van der Waals surface area contributed by atoms with E-state index in [1.54, 1.807) is 17.0 Å². The molecule has 1 unspecified atom stereocenters. The number of hydrogen-bond donors (Lipinski definition) is 1. The van der Waals surface area contributed by atoms with E-state index in [0.29, 0.717) is 29.1 Å². The smallest absolute Gasteiger partial charge is 0.322 e. The molecule has 1 saturated heterocycles. The van der Waals surface area contributed by atoms with Crippen LogP contribution in [0.15, 0.2) is 65.1 Å². The molecule has 0 spiro atoms. The third-order valence-electron chi connectivity index (χ3n) is 6.01. The van der Waals surface area contributed by atoms with Crippen LogP contribution in [0.25, 0.3) is 22.2 Å². The molecular formula is C26H24FN3O2. The summed E-state index contributed by atoms with van der Waals surface area (Å²) < 4.78 is 20.2. The number of oxazole rings is 1. The molecule has 5 rings (SSSR count). The summed E-state index contributed by atoms with van der Waals surface area (Å²) in [6.07, 6.45) is 1.66. The number of carbonyl (C=O) groups is 1. The molecule has 1 fully saturated rings. The Morgan fingerprint density at radius 2 is 1.97 bits per heavy atom. The second-order valence-electron chi connectivity index (χ2n) is 8.31. The quantitative estimate of drug-likeness (QED) is 0.398. The average molecular weight is 429 g/mol. The van der Waals surface area contributed by atoms with Crippen molar-refractivity contribution in [1.29, 1.82) is 0 Å². The van der Waals surface area contributed by atoms with Gasteiger partial charge in [0, 0.05) is 17.8 Å². The number of halogens is 1.